The maximum absolute atomic E-state index is 13.3. The Labute approximate surface area is 190 Å². The third-order valence-corrected chi connectivity index (χ3v) is 7.01. The molecule has 0 aromatic heterocycles. The zero-order valence-corrected chi connectivity index (χ0v) is 18.9. The van der Waals surface area contributed by atoms with Crippen molar-refractivity contribution in [2.75, 3.05) is 16.2 Å². The molecule has 1 N–H and O–H groups in total. The fourth-order valence-corrected chi connectivity index (χ4v) is 4.64. The predicted molar refractivity (Wildman–Crippen MR) is 122 cm³/mol. The number of hydrogen-bond donors (Lipinski definition) is 1. The van der Waals surface area contributed by atoms with E-state index in [1.54, 1.807) is 43.3 Å². The third-order valence-electron chi connectivity index (χ3n) is 4.33. The highest BCUT2D eigenvalue weighted by Gasteiger charge is 2.27. The molecule has 0 atom stereocenters. The first-order chi connectivity index (χ1) is 14.2. The van der Waals surface area contributed by atoms with E-state index in [4.69, 9.17) is 34.8 Å². The van der Waals surface area contributed by atoms with Crippen molar-refractivity contribution >= 4 is 62.1 Å². The van der Waals surface area contributed by atoms with Gasteiger partial charge in [0.05, 0.1) is 10.6 Å². The van der Waals surface area contributed by atoms with E-state index >= 15 is 0 Å². The van der Waals surface area contributed by atoms with Crippen molar-refractivity contribution in [3.63, 3.8) is 0 Å². The first-order valence-corrected chi connectivity index (χ1v) is 11.3. The topological polar surface area (TPSA) is 66.5 Å². The van der Waals surface area contributed by atoms with Gasteiger partial charge in [-0.1, -0.05) is 46.9 Å². The highest BCUT2D eigenvalue weighted by Crippen LogP contribution is 2.28. The van der Waals surface area contributed by atoms with E-state index < -0.39 is 22.5 Å². The number of rotatable bonds is 6. The molecule has 0 aliphatic carbocycles. The quantitative estimate of drug-likeness (QED) is 0.482. The van der Waals surface area contributed by atoms with Gasteiger partial charge in [0.2, 0.25) is 5.91 Å². The van der Waals surface area contributed by atoms with Crippen molar-refractivity contribution in [2.24, 2.45) is 0 Å². The first-order valence-electron chi connectivity index (χ1n) is 8.77. The van der Waals surface area contributed by atoms with Gasteiger partial charge in [-0.3, -0.25) is 9.10 Å². The average molecular weight is 484 g/mol. The van der Waals surface area contributed by atoms with Gasteiger partial charge in [-0.05, 0) is 67.1 Å². The Balaban J connectivity index is 1.97. The summed E-state index contributed by atoms with van der Waals surface area (Å²) in [6.07, 6.45) is 0. The van der Waals surface area contributed by atoms with Crippen LogP contribution in [0.5, 0.6) is 0 Å². The largest absolute Gasteiger partial charge is 0.324 e. The molecule has 3 aromatic carbocycles. The molecule has 0 fully saturated rings. The van der Waals surface area contributed by atoms with E-state index in [0.29, 0.717) is 26.3 Å². The second-order valence-corrected chi connectivity index (χ2v) is 9.55. The van der Waals surface area contributed by atoms with Crippen molar-refractivity contribution in [2.45, 2.75) is 11.8 Å². The maximum Gasteiger partial charge on any atom is 0.264 e. The molecule has 1 amide bonds. The smallest absolute Gasteiger partial charge is 0.264 e. The van der Waals surface area contributed by atoms with E-state index in [-0.39, 0.29) is 10.6 Å². The van der Waals surface area contributed by atoms with Gasteiger partial charge in [0.15, 0.2) is 0 Å². The molecule has 0 heterocycles. The summed E-state index contributed by atoms with van der Waals surface area (Å²) in [7, 11) is -4.06. The predicted octanol–water partition coefficient (Wildman–Crippen LogP) is 5.79. The molecule has 156 valence electrons. The van der Waals surface area contributed by atoms with E-state index in [1.807, 2.05) is 0 Å². The number of carbonyl (C=O) groups is 1. The monoisotopic (exact) mass is 482 g/mol. The average Bonchev–Trinajstić information content (AvgIpc) is 2.70. The van der Waals surface area contributed by atoms with Crippen LogP contribution in [0.15, 0.2) is 71.6 Å². The Bertz CT molecular complexity index is 1180. The Morgan fingerprint density at radius 1 is 0.933 bits per heavy atom. The number of benzene rings is 3. The first kappa shape index (κ1) is 22.4. The normalized spacial score (nSPS) is 11.2. The van der Waals surface area contributed by atoms with E-state index in [2.05, 4.69) is 5.32 Å². The minimum absolute atomic E-state index is 0.00129. The number of carbonyl (C=O) groups excluding carboxylic acids is 1. The van der Waals surface area contributed by atoms with Crippen molar-refractivity contribution in [1.82, 2.24) is 0 Å². The fourth-order valence-electron chi connectivity index (χ4n) is 2.74. The Morgan fingerprint density at radius 2 is 1.60 bits per heavy atom. The molecule has 9 heteroatoms. The summed E-state index contributed by atoms with van der Waals surface area (Å²) in [5.41, 5.74) is 1.44. The van der Waals surface area contributed by atoms with E-state index in [9.17, 15) is 13.2 Å². The number of nitrogens with one attached hydrogen (secondary N) is 1. The molecule has 0 saturated heterocycles. The molecule has 30 heavy (non-hydrogen) atoms. The number of sulfonamides is 1. The lowest BCUT2D eigenvalue weighted by Gasteiger charge is -2.24. The van der Waals surface area contributed by atoms with Crippen molar-refractivity contribution < 1.29 is 13.2 Å². The molecule has 0 spiro atoms. The van der Waals surface area contributed by atoms with Gasteiger partial charge in [-0.25, -0.2) is 8.42 Å². The van der Waals surface area contributed by atoms with Gasteiger partial charge < -0.3 is 5.32 Å². The minimum atomic E-state index is -4.06. The Morgan fingerprint density at radius 3 is 2.27 bits per heavy atom. The summed E-state index contributed by atoms with van der Waals surface area (Å²) in [4.78, 5) is 12.8. The zero-order chi connectivity index (χ0) is 21.9. The summed E-state index contributed by atoms with van der Waals surface area (Å²) < 4.78 is 27.6. The van der Waals surface area contributed by atoms with Gasteiger partial charge in [0.1, 0.15) is 6.54 Å². The lowest BCUT2D eigenvalue weighted by Crippen LogP contribution is -2.38. The molecular weight excluding hydrogens is 467 g/mol. The molecule has 3 aromatic rings. The van der Waals surface area contributed by atoms with Gasteiger partial charge in [-0.2, -0.15) is 0 Å². The number of anilines is 2. The number of amides is 1. The van der Waals surface area contributed by atoms with Crippen LogP contribution in [0.1, 0.15) is 5.56 Å². The Kier molecular flexibility index (Phi) is 6.93. The van der Waals surface area contributed by atoms with Gasteiger partial charge >= 0.3 is 0 Å². The lowest BCUT2D eigenvalue weighted by molar-refractivity contribution is -0.114. The number of nitrogens with zero attached hydrogens (tertiary/aromatic N) is 1. The molecule has 0 aliphatic rings. The van der Waals surface area contributed by atoms with Crippen LogP contribution >= 0.6 is 34.8 Å². The molecule has 3 rings (SSSR count). The minimum Gasteiger partial charge on any atom is -0.324 e. The highest BCUT2D eigenvalue weighted by molar-refractivity contribution is 7.92. The Hall–Kier alpha value is -2.25. The summed E-state index contributed by atoms with van der Waals surface area (Å²) in [5.74, 6) is -0.530. The maximum atomic E-state index is 13.3. The van der Waals surface area contributed by atoms with E-state index in [0.717, 1.165) is 4.31 Å². The van der Waals surface area contributed by atoms with Crippen LogP contribution in [0.3, 0.4) is 0 Å². The lowest BCUT2D eigenvalue weighted by atomic mass is 10.2. The summed E-state index contributed by atoms with van der Waals surface area (Å²) in [6, 6.07) is 17.1. The SMILES string of the molecule is Cc1c(Cl)cccc1NC(=O)CN(c1cccc(Cl)c1)S(=O)(=O)c1ccc(Cl)cc1. The van der Waals surface area contributed by atoms with Crippen molar-refractivity contribution in [3.8, 4) is 0 Å². The molecule has 0 saturated carbocycles. The van der Waals surface area contributed by atoms with Gasteiger partial charge in [0.25, 0.3) is 10.0 Å². The zero-order valence-electron chi connectivity index (χ0n) is 15.8. The van der Waals surface area contributed by atoms with Crippen LogP contribution in [-0.4, -0.2) is 20.9 Å². The van der Waals surface area contributed by atoms with Gasteiger partial charge in [-0.15, -0.1) is 0 Å². The van der Waals surface area contributed by atoms with Crippen LogP contribution in [0.4, 0.5) is 11.4 Å². The molecular formula is C21H17Cl3N2O3S. The molecule has 0 unspecified atom stereocenters. The fraction of sp³-hybridized carbons (Fsp3) is 0.0952. The molecule has 0 aliphatic heterocycles. The molecule has 0 radical (unpaired) electrons. The van der Waals surface area contributed by atoms with Crippen LogP contribution in [0, 0.1) is 6.92 Å². The number of hydrogen-bond acceptors (Lipinski definition) is 3. The second kappa shape index (κ2) is 9.27. The van der Waals surface area contributed by atoms with E-state index in [1.165, 1.54) is 30.3 Å². The summed E-state index contributed by atoms with van der Waals surface area (Å²) in [6.45, 7) is 1.30. The molecule has 5 nitrogen and oxygen atoms in total. The second-order valence-electron chi connectivity index (χ2n) is 6.41. The summed E-state index contributed by atoms with van der Waals surface area (Å²) in [5, 5.41) is 3.95. The third kappa shape index (κ3) is 5.08. The molecule has 0 bridgehead atoms. The van der Waals surface area contributed by atoms with Crippen LogP contribution in [0.2, 0.25) is 15.1 Å². The van der Waals surface area contributed by atoms with Crippen LogP contribution in [-0.2, 0) is 14.8 Å². The summed E-state index contributed by atoms with van der Waals surface area (Å²) >= 11 is 18.0. The van der Waals surface area contributed by atoms with Gasteiger partial charge in [0, 0.05) is 20.8 Å². The highest BCUT2D eigenvalue weighted by atomic mass is 35.5. The van der Waals surface area contributed by atoms with Crippen molar-refractivity contribution in [3.05, 3.63) is 87.4 Å². The van der Waals surface area contributed by atoms with Crippen LogP contribution in [0.25, 0.3) is 0 Å². The van der Waals surface area contributed by atoms with Crippen LogP contribution < -0.4 is 9.62 Å². The number of halogens is 3. The van der Waals surface area contributed by atoms with Crippen molar-refractivity contribution in [1.29, 1.82) is 0 Å². The standard InChI is InChI=1S/C21H17Cl3N2O3S/c1-14-19(24)6-3-7-20(14)25-21(27)13-26(17-5-2-4-16(23)12-17)30(28,29)18-10-8-15(22)9-11-18/h2-12H,13H2,1H3,(H,25,27).